The highest BCUT2D eigenvalue weighted by molar-refractivity contribution is 7.15. The maximum atomic E-state index is 12.5. The zero-order chi connectivity index (χ0) is 21.0. The number of aryl methyl sites for hydroxylation is 1. The number of methoxy groups -OCH3 is 1. The fourth-order valence-corrected chi connectivity index (χ4v) is 3.68. The number of aromatic nitrogens is 2. The van der Waals surface area contributed by atoms with Crippen LogP contribution in [0, 0.1) is 12.8 Å². The molecule has 6 nitrogen and oxygen atoms in total. The third-order valence-corrected chi connectivity index (χ3v) is 5.21. The molecule has 3 heterocycles. The van der Waals surface area contributed by atoms with Gasteiger partial charge in [-0.15, -0.1) is 11.3 Å². The Kier molecular flexibility index (Phi) is 6.96. The number of amides is 1. The zero-order valence-electron chi connectivity index (χ0n) is 17.4. The molecule has 0 spiro atoms. The smallest absolute Gasteiger partial charge is 0.339 e. The molecule has 0 radical (unpaired) electrons. The van der Waals surface area contributed by atoms with Gasteiger partial charge in [0.25, 0.3) is 0 Å². The third kappa shape index (κ3) is 4.09. The average molecular weight is 402 g/mol. The molecule has 0 aliphatic carbocycles. The second kappa shape index (κ2) is 9.01. The van der Waals surface area contributed by atoms with Gasteiger partial charge in [-0.3, -0.25) is 9.20 Å². The minimum atomic E-state index is -0.458. The molecule has 3 aromatic heterocycles. The van der Waals surface area contributed by atoms with Crippen molar-refractivity contribution in [2.75, 3.05) is 19.1 Å². The molecular formula is C21H27N3O3S. The van der Waals surface area contributed by atoms with Crippen molar-refractivity contribution in [3.05, 3.63) is 41.0 Å². The van der Waals surface area contributed by atoms with E-state index < -0.39 is 5.97 Å². The minimum Gasteiger partial charge on any atom is -0.465 e. The Hall–Kier alpha value is -2.67. The summed E-state index contributed by atoms with van der Waals surface area (Å²) in [6.07, 6.45) is 3.47. The first-order valence-corrected chi connectivity index (χ1v) is 10.1. The Morgan fingerprint density at radius 3 is 2.46 bits per heavy atom. The molecule has 1 amide bonds. The van der Waals surface area contributed by atoms with E-state index in [0.717, 1.165) is 10.6 Å². The molecule has 150 valence electrons. The van der Waals surface area contributed by atoms with Crippen molar-refractivity contribution in [2.45, 2.75) is 34.6 Å². The molecule has 0 aliphatic heterocycles. The molecule has 0 N–H and O–H groups in total. The highest BCUT2D eigenvalue weighted by Gasteiger charge is 2.22. The Morgan fingerprint density at radius 2 is 1.93 bits per heavy atom. The largest absolute Gasteiger partial charge is 0.465 e. The van der Waals surface area contributed by atoms with Gasteiger partial charge in [-0.1, -0.05) is 27.7 Å². The molecule has 0 saturated heterocycles. The number of imidazole rings is 1. The van der Waals surface area contributed by atoms with E-state index in [1.54, 1.807) is 41.7 Å². The number of anilines is 1. The monoisotopic (exact) mass is 401 g/mol. The molecule has 0 unspecified atom stereocenters. The van der Waals surface area contributed by atoms with Crippen LogP contribution in [0.25, 0.3) is 16.2 Å². The Labute approximate surface area is 169 Å². The number of fused-ring (bicyclic) bond motifs is 1. The van der Waals surface area contributed by atoms with Crippen LogP contribution in [0.1, 0.15) is 42.9 Å². The van der Waals surface area contributed by atoms with E-state index in [4.69, 9.17) is 4.74 Å². The summed E-state index contributed by atoms with van der Waals surface area (Å²) in [5, 5.41) is 0. The minimum absolute atomic E-state index is 0.0505. The van der Waals surface area contributed by atoms with E-state index in [1.807, 2.05) is 51.2 Å². The van der Waals surface area contributed by atoms with Gasteiger partial charge in [0.1, 0.15) is 0 Å². The fraction of sp³-hybridized carbons (Fsp3) is 0.381. The summed E-state index contributed by atoms with van der Waals surface area (Å²) in [6, 6.07) is 5.72. The van der Waals surface area contributed by atoms with Gasteiger partial charge in [-0.05, 0) is 25.1 Å². The van der Waals surface area contributed by atoms with Crippen LogP contribution in [0.3, 0.4) is 0 Å². The SMILES string of the molecule is CC.COC(=O)c1cc(N(C)C(=O)C(C)C)c2ncc(-c3ccc(C)s3)n2c1. The van der Waals surface area contributed by atoms with Crippen LogP contribution in [-0.4, -0.2) is 35.4 Å². The number of ether oxygens (including phenoxy) is 1. The van der Waals surface area contributed by atoms with Crippen molar-refractivity contribution in [3.8, 4) is 10.6 Å². The Bertz CT molecular complexity index is 988. The lowest BCUT2D eigenvalue weighted by atomic mass is 10.1. The second-order valence-corrected chi connectivity index (χ2v) is 7.69. The number of rotatable bonds is 4. The van der Waals surface area contributed by atoms with Gasteiger partial charge in [0.15, 0.2) is 5.65 Å². The molecule has 0 aromatic carbocycles. The second-order valence-electron chi connectivity index (χ2n) is 6.40. The standard InChI is InChI=1S/C19H21N3O3S.C2H6/c1-11(2)18(23)21(4)14-8-13(19(24)25-5)10-22-15(9-20-17(14)22)16-7-6-12(3)26-16;1-2/h6-11H,1-5H3;1-2H3. The molecular weight excluding hydrogens is 374 g/mol. The third-order valence-electron chi connectivity index (χ3n) is 4.19. The Balaban J connectivity index is 0.00000136. The molecule has 7 heteroatoms. The summed E-state index contributed by atoms with van der Waals surface area (Å²) in [7, 11) is 3.04. The van der Waals surface area contributed by atoms with Gasteiger partial charge in [0.05, 0.1) is 35.1 Å². The molecule has 0 fully saturated rings. The Morgan fingerprint density at radius 1 is 1.25 bits per heavy atom. The first-order valence-electron chi connectivity index (χ1n) is 9.27. The molecule has 0 saturated carbocycles. The van der Waals surface area contributed by atoms with Crippen molar-refractivity contribution in [3.63, 3.8) is 0 Å². The van der Waals surface area contributed by atoms with Gasteiger partial charge in [-0.2, -0.15) is 0 Å². The van der Waals surface area contributed by atoms with E-state index in [1.165, 1.54) is 12.0 Å². The normalized spacial score (nSPS) is 10.6. The van der Waals surface area contributed by atoms with Gasteiger partial charge in [0, 0.05) is 24.0 Å². The number of nitrogens with zero attached hydrogens (tertiary/aromatic N) is 3. The van der Waals surface area contributed by atoms with Crippen molar-refractivity contribution in [1.29, 1.82) is 0 Å². The van der Waals surface area contributed by atoms with Gasteiger partial charge < -0.3 is 9.64 Å². The summed E-state index contributed by atoms with van der Waals surface area (Å²) in [5.41, 5.74) is 2.43. The summed E-state index contributed by atoms with van der Waals surface area (Å²) in [4.78, 5) is 32.9. The number of carbonyl (C=O) groups excluding carboxylic acids is 2. The number of hydrogen-bond acceptors (Lipinski definition) is 5. The molecule has 3 aromatic rings. The van der Waals surface area contributed by atoms with Crippen molar-refractivity contribution >= 4 is 34.5 Å². The molecule has 0 aliphatic rings. The van der Waals surface area contributed by atoms with Crippen LogP contribution in [0.2, 0.25) is 0 Å². The average Bonchev–Trinajstić information content (AvgIpc) is 3.32. The fourth-order valence-electron chi connectivity index (χ4n) is 2.81. The highest BCUT2D eigenvalue weighted by Crippen LogP contribution is 2.32. The van der Waals surface area contributed by atoms with Gasteiger partial charge in [0.2, 0.25) is 5.91 Å². The number of pyridine rings is 1. The molecule has 0 atom stereocenters. The van der Waals surface area contributed by atoms with E-state index in [-0.39, 0.29) is 11.8 Å². The van der Waals surface area contributed by atoms with E-state index in [9.17, 15) is 9.59 Å². The summed E-state index contributed by atoms with van der Waals surface area (Å²) in [5.74, 6) is -0.679. The van der Waals surface area contributed by atoms with Gasteiger partial charge >= 0.3 is 5.97 Å². The number of hydrogen-bond donors (Lipinski definition) is 0. The summed E-state index contributed by atoms with van der Waals surface area (Å²) in [6.45, 7) is 9.72. The van der Waals surface area contributed by atoms with E-state index in [2.05, 4.69) is 4.98 Å². The molecule has 3 rings (SSSR count). The van der Waals surface area contributed by atoms with E-state index >= 15 is 0 Å². The topological polar surface area (TPSA) is 63.9 Å². The predicted octanol–water partition coefficient (Wildman–Crippen LogP) is 4.80. The van der Waals surface area contributed by atoms with Crippen LogP contribution in [-0.2, 0) is 9.53 Å². The van der Waals surface area contributed by atoms with Crippen LogP contribution in [0.5, 0.6) is 0 Å². The van der Waals surface area contributed by atoms with E-state index in [0.29, 0.717) is 16.9 Å². The van der Waals surface area contributed by atoms with Crippen LogP contribution < -0.4 is 4.90 Å². The van der Waals surface area contributed by atoms with Crippen molar-refractivity contribution < 1.29 is 14.3 Å². The van der Waals surface area contributed by atoms with Gasteiger partial charge in [-0.25, -0.2) is 9.78 Å². The quantitative estimate of drug-likeness (QED) is 0.589. The number of esters is 1. The summed E-state index contributed by atoms with van der Waals surface area (Å²) >= 11 is 1.65. The summed E-state index contributed by atoms with van der Waals surface area (Å²) < 4.78 is 6.72. The maximum Gasteiger partial charge on any atom is 0.339 e. The lowest BCUT2D eigenvalue weighted by Gasteiger charge is -2.21. The lowest BCUT2D eigenvalue weighted by molar-refractivity contribution is -0.121. The number of thiophene rings is 1. The first-order chi connectivity index (χ1) is 13.3. The molecule has 28 heavy (non-hydrogen) atoms. The van der Waals surface area contributed by atoms with Crippen LogP contribution in [0.15, 0.2) is 30.6 Å². The number of carbonyl (C=O) groups is 2. The van der Waals surface area contributed by atoms with Crippen LogP contribution >= 0.6 is 11.3 Å². The first kappa shape index (κ1) is 21.6. The van der Waals surface area contributed by atoms with Crippen LogP contribution in [0.4, 0.5) is 5.69 Å². The lowest BCUT2D eigenvalue weighted by Crippen LogP contribution is -2.31. The molecule has 0 bridgehead atoms. The maximum absolute atomic E-state index is 12.5. The highest BCUT2D eigenvalue weighted by atomic mass is 32.1. The van der Waals surface area contributed by atoms with Crippen molar-refractivity contribution in [2.24, 2.45) is 5.92 Å². The zero-order valence-corrected chi connectivity index (χ0v) is 18.3. The predicted molar refractivity (Wildman–Crippen MR) is 114 cm³/mol. The van der Waals surface area contributed by atoms with Crippen molar-refractivity contribution in [1.82, 2.24) is 9.38 Å².